The first-order valence-electron chi connectivity index (χ1n) is 11.1. The first-order chi connectivity index (χ1) is 15.2. The van der Waals surface area contributed by atoms with Crippen LogP contribution in [0.25, 0.3) is 0 Å². The quantitative estimate of drug-likeness (QED) is 0.739. The van der Waals surface area contributed by atoms with Crippen LogP contribution >= 0.6 is 0 Å². The minimum atomic E-state index is -3.57. The molecule has 2 aliphatic heterocycles. The Morgan fingerprint density at radius 3 is 2.12 bits per heavy atom. The molecule has 0 saturated carbocycles. The van der Waals surface area contributed by atoms with Gasteiger partial charge in [-0.25, -0.2) is 19.3 Å². The Hall–Kier alpha value is -2.26. The summed E-state index contributed by atoms with van der Waals surface area (Å²) in [6.45, 7) is 7.70. The third kappa shape index (κ3) is 4.73. The van der Waals surface area contributed by atoms with E-state index in [2.05, 4.69) is 31.6 Å². The first kappa shape index (κ1) is 22.9. The number of carbonyl (C=O) groups excluding carboxylic acids is 1. The molecule has 2 atom stereocenters. The molecule has 2 unspecified atom stereocenters. The highest BCUT2D eigenvalue weighted by atomic mass is 32.2. The number of rotatable bonds is 4. The van der Waals surface area contributed by atoms with E-state index in [-0.39, 0.29) is 23.4 Å². The fourth-order valence-electron chi connectivity index (χ4n) is 4.27. The summed E-state index contributed by atoms with van der Waals surface area (Å²) in [5.41, 5.74) is 8.53. The number of hydrogen-bond donors (Lipinski definition) is 2. The summed E-state index contributed by atoms with van der Waals surface area (Å²) in [5, 5.41) is 0. The molecule has 2 saturated heterocycles. The van der Waals surface area contributed by atoms with Crippen molar-refractivity contribution in [3.05, 3.63) is 65.7 Å². The monoisotopic (exact) mass is 456 g/mol. The molecule has 32 heavy (non-hydrogen) atoms. The van der Waals surface area contributed by atoms with Crippen LogP contribution < -0.4 is 10.9 Å². The van der Waals surface area contributed by atoms with E-state index in [4.69, 9.17) is 0 Å². The van der Waals surface area contributed by atoms with Crippen molar-refractivity contribution in [2.45, 2.75) is 49.6 Å². The molecule has 0 aliphatic carbocycles. The summed E-state index contributed by atoms with van der Waals surface area (Å²) < 4.78 is 27.6. The fraction of sp³-hybridized carbons (Fsp3) is 0.458. The van der Waals surface area contributed by atoms with E-state index in [9.17, 15) is 13.2 Å². The molecule has 172 valence electrons. The van der Waals surface area contributed by atoms with E-state index in [0.29, 0.717) is 37.5 Å². The van der Waals surface area contributed by atoms with Crippen LogP contribution in [0.1, 0.15) is 44.4 Å². The maximum atomic E-state index is 13.1. The van der Waals surface area contributed by atoms with Gasteiger partial charge in [0.15, 0.2) is 0 Å². The third-order valence-electron chi connectivity index (χ3n) is 6.31. The lowest BCUT2D eigenvalue weighted by atomic mass is 9.87. The van der Waals surface area contributed by atoms with Crippen LogP contribution in [-0.2, 0) is 20.2 Å². The summed E-state index contributed by atoms with van der Waals surface area (Å²) in [7, 11) is -3.57. The van der Waals surface area contributed by atoms with Gasteiger partial charge in [-0.3, -0.25) is 4.79 Å². The van der Waals surface area contributed by atoms with Crippen LogP contribution in [0.4, 0.5) is 0 Å². The second kappa shape index (κ2) is 8.94. The van der Waals surface area contributed by atoms with Crippen molar-refractivity contribution in [2.75, 3.05) is 26.2 Å². The Morgan fingerprint density at radius 2 is 1.53 bits per heavy atom. The number of sulfonamides is 1. The Labute approximate surface area is 190 Å². The lowest BCUT2D eigenvalue weighted by Crippen LogP contribution is -2.54. The van der Waals surface area contributed by atoms with E-state index in [0.717, 1.165) is 11.1 Å². The molecule has 0 radical (unpaired) electrons. The molecule has 2 aromatic rings. The second-order valence-electron chi connectivity index (χ2n) is 9.54. The maximum Gasteiger partial charge on any atom is 0.243 e. The van der Waals surface area contributed by atoms with Crippen molar-refractivity contribution in [1.29, 1.82) is 0 Å². The molecular weight excluding hydrogens is 424 g/mol. The topological polar surface area (TPSA) is 81.8 Å². The van der Waals surface area contributed by atoms with Gasteiger partial charge in [0.1, 0.15) is 6.04 Å². The highest BCUT2D eigenvalue weighted by Gasteiger charge is 2.36. The molecule has 8 heteroatoms. The summed E-state index contributed by atoms with van der Waals surface area (Å²) in [6, 6.07) is 17.0. The van der Waals surface area contributed by atoms with E-state index >= 15 is 0 Å². The number of carbonyl (C=O) groups is 1. The lowest BCUT2D eigenvalue weighted by Gasteiger charge is -2.35. The number of benzene rings is 2. The number of amides is 1. The van der Waals surface area contributed by atoms with Crippen LogP contribution in [0.3, 0.4) is 0 Å². The molecular formula is C24H32N4O3S. The van der Waals surface area contributed by atoms with Gasteiger partial charge in [0, 0.05) is 32.2 Å². The van der Waals surface area contributed by atoms with Crippen LogP contribution in [0.5, 0.6) is 0 Å². The first-order valence-corrected chi connectivity index (χ1v) is 12.6. The molecule has 0 spiro atoms. The van der Waals surface area contributed by atoms with Gasteiger partial charge < -0.3 is 4.90 Å². The van der Waals surface area contributed by atoms with Gasteiger partial charge in [-0.15, -0.1) is 0 Å². The Balaban J connectivity index is 1.35. The minimum absolute atomic E-state index is 0.0162. The predicted molar refractivity (Wildman–Crippen MR) is 124 cm³/mol. The van der Waals surface area contributed by atoms with Crippen molar-refractivity contribution in [2.24, 2.45) is 0 Å². The zero-order valence-corrected chi connectivity index (χ0v) is 19.7. The van der Waals surface area contributed by atoms with Gasteiger partial charge in [0.05, 0.1) is 4.90 Å². The van der Waals surface area contributed by atoms with E-state index in [1.165, 1.54) is 4.31 Å². The minimum Gasteiger partial charge on any atom is -0.339 e. The highest BCUT2D eigenvalue weighted by Crippen LogP contribution is 2.26. The smallest absolute Gasteiger partial charge is 0.243 e. The van der Waals surface area contributed by atoms with Gasteiger partial charge >= 0.3 is 0 Å². The number of hydrazine groups is 1. The average molecular weight is 457 g/mol. The standard InChI is InChI=1S/C24H32N4O3S/c1-24(2,3)19-9-11-20(12-10-19)32(30,31)28-15-13-27(14-16-28)23(29)22-17-21(25-26-22)18-7-5-4-6-8-18/h4-12,21-22,25-26H,13-17H2,1-3H3. The molecule has 2 fully saturated rings. The molecule has 7 nitrogen and oxygen atoms in total. The number of nitrogens with one attached hydrogen (secondary N) is 2. The number of piperazine rings is 1. The summed E-state index contributed by atoms with van der Waals surface area (Å²) in [5.74, 6) is 0.0162. The molecule has 2 N–H and O–H groups in total. The summed E-state index contributed by atoms with van der Waals surface area (Å²) in [6.07, 6.45) is 0.668. The number of nitrogens with zero attached hydrogens (tertiary/aromatic N) is 2. The van der Waals surface area contributed by atoms with Gasteiger partial charge in [-0.05, 0) is 35.1 Å². The van der Waals surface area contributed by atoms with Gasteiger partial charge in [0.25, 0.3) is 0 Å². The molecule has 1 amide bonds. The zero-order valence-electron chi connectivity index (χ0n) is 18.9. The van der Waals surface area contributed by atoms with Crippen molar-refractivity contribution in [1.82, 2.24) is 20.1 Å². The molecule has 2 aromatic carbocycles. The molecule has 4 rings (SSSR count). The van der Waals surface area contributed by atoms with Gasteiger partial charge in [-0.1, -0.05) is 63.2 Å². The summed E-state index contributed by atoms with van der Waals surface area (Å²) >= 11 is 0. The third-order valence-corrected chi connectivity index (χ3v) is 8.22. The van der Waals surface area contributed by atoms with Crippen LogP contribution in [0.15, 0.2) is 59.5 Å². The van der Waals surface area contributed by atoms with E-state index in [1.807, 2.05) is 42.5 Å². The van der Waals surface area contributed by atoms with Crippen LogP contribution in [-0.4, -0.2) is 55.8 Å². The van der Waals surface area contributed by atoms with Crippen molar-refractivity contribution in [3.8, 4) is 0 Å². The maximum absolute atomic E-state index is 13.1. The second-order valence-corrected chi connectivity index (χ2v) is 11.5. The van der Waals surface area contributed by atoms with Crippen LogP contribution in [0.2, 0.25) is 0 Å². The Kier molecular flexibility index (Phi) is 6.40. The molecule has 0 aromatic heterocycles. The lowest BCUT2D eigenvalue weighted by molar-refractivity contribution is -0.134. The largest absolute Gasteiger partial charge is 0.339 e. The number of hydrogen-bond acceptors (Lipinski definition) is 5. The van der Waals surface area contributed by atoms with Crippen LogP contribution in [0, 0.1) is 0 Å². The van der Waals surface area contributed by atoms with E-state index in [1.54, 1.807) is 17.0 Å². The van der Waals surface area contributed by atoms with Crippen molar-refractivity contribution >= 4 is 15.9 Å². The molecule has 2 aliphatic rings. The normalized spacial score (nSPS) is 22.8. The van der Waals surface area contributed by atoms with Gasteiger partial charge in [-0.2, -0.15) is 4.31 Å². The predicted octanol–water partition coefficient (Wildman–Crippen LogP) is 2.42. The van der Waals surface area contributed by atoms with E-state index < -0.39 is 10.0 Å². The average Bonchev–Trinajstić information content (AvgIpc) is 3.29. The SMILES string of the molecule is CC(C)(C)c1ccc(S(=O)(=O)N2CCN(C(=O)C3CC(c4ccccc4)NN3)CC2)cc1. The fourth-order valence-corrected chi connectivity index (χ4v) is 5.69. The Morgan fingerprint density at radius 1 is 0.906 bits per heavy atom. The molecule has 2 heterocycles. The Bertz CT molecular complexity index is 1040. The van der Waals surface area contributed by atoms with Gasteiger partial charge in [0.2, 0.25) is 15.9 Å². The summed E-state index contributed by atoms with van der Waals surface area (Å²) in [4.78, 5) is 15.1. The molecule has 0 bridgehead atoms. The van der Waals surface area contributed by atoms with Crippen molar-refractivity contribution < 1.29 is 13.2 Å². The zero-order chi connectivity index (χ0) is 22.9. The van der Waals surface area contributed by atoms with Crippen molar-refractivity contribution in [3.63, 3.8) is 0 Å². The highest BCUT2D eigenvalue weighted by molar-refractivity contribution is 7.89.